The molecule has 3 aromatic carbocycles. The van der Waals surface area contributed by atoms with Crippen LogP contribution >= 0.6 is 0 Å². The van der Waals surface area contributed by atoms with Crippen molar-refractivity contribution in [1.82, 2.24) is 10.2 Å². The van der Waals surface area contributed by atoms with E-state index >= 15 is 0 Å². The van der Waals surface area contributed by atoms with Gasteiger partial charge in [0.1, 0.15) is 18.3 Å². The summed E-state index contributed by atoms with van der Waals surface area (Å²) in [6, 6.07) is 18.1. The fourth-order valence-electron chi connectivity index (χ4n) is 4.69. The second kappa shape index (κ2) is 10.8. The van der Waals surface area contributed by atoms with Crippen LogP contribution in [0.4, 0.5) is 5.69 Å². The van der Waals surface area contributed by atoms with Gasteiger partial charge >= 0.3 is 0 Å². The molecule has 2 atom stereocenters. The van der Waals surface area contributed by atoms with Crippen LogP contribution in [0.3, 0.4) is 0 Å². The Morgan fingerprint density at radius 3 is 2.44 bits per heavy atom. The van der Waals surface area contributed by atoms with Crippen molar-refractivity contribution in [2.24, 2.45) is 0 Å². The highest BCUT2D eigenvalue weighted by Gasteiger charge is 2.35. The van der Waals surface area contributed by atoms with Gasteiger partial charge in [-0.2, -0.15) is 0 Å². The minimum atomic E-state index is -0.673. The predicted molar refractivity (Wildman–Crippen MR) is 141 cm³/mol. The first-order valence-electron chi connectivity index (χ1n) is 12.4. The third-order valence-electron chi connectivity index (χ3n) is 6.82. The minimum absolute atomic E-state index is 0.00687. The topological polar surface area (TPSA) is 79.0 Å². The van der Waals surface area contributed by atoms with Gasteiger partial charge in [0.15, 0.2) is 0 Å². The highest BCUT2D eigenvalue weighted by atomic mass is 16.5. The molecule has 0 spiro atoms. The third-order valence-corrected chi connectivity index (χ3v) is 6.82. The second-order valence-corrected chi connectivity index (χ2v) is 9.19. The van der Waals surface area contributed by atoms with Crippen LogP contribution in [0.5, 0.6) is 5.75 Å². The molecule has 3 amide bonds. The van der Waals surface area contributed by atoms with Gasteiger partial charge in [-0.3, -0.25) is 19.3 Å². The lowest BCUT2D eigenvalue weighted by Gasteiger charge is -2.33. The molecule has 7 nitrogen and oxygen atoms in total. The van der Waals surface area contributed by atoms with E-state index in [1.54, 1.807) is 18.1 Å². The van der Waals surface area contributed by atoms with Crippen LogP contribution in [0, 0.1) is 0 Å². The number of carbonyl (C=O) groups is 3. The normalized spacial score (nSPS) is 14.0. The maximum atomic E-state index is 13.9. The maximum absolute atomic E-state index is 13.9. The molecule has 0 fully saturated rings. The Labute approximate surface area is 212 Å². The van der Waals surface area contributed by atoms with Crippen molar-refractivity contribution in [2.45, 2.75) is 52.2 Å². The van der Waals surface area contributed by atoms with E-state index < -0.39 is 6.04 Å². The van der Waals surface area contributed by atoms with Crippen LogP contribution < -0.4 is 15.0 Å². The quantitative estimate of drug-likeness (QED) is 0.456. The predicted octanol–water partition coefficient (Wildman–Crippen LogP) is 4.53. The Bertz CT molecular complexity index is 1280. The van der Waals surface area contributed by atoms with Crippen LogP contribution in [0.2, 0.25) is 0 Å². The number of carbonyl (C=O) groups excluding carboxylic acids is 3. The SMILES string of the molecule is CCC(C)NC(=O)C(CC)N(Cc1cccc(OC)c1)C(=O)CN1C(=O)c2cccc3cccc1c23. The molecule has 36 heavy (non-hydrogen) atoms. The van der Waals surface area contributed by atoms with Gasteiger partial charge in [-0.15, -0.1) is 0 Å². The molecule has 0 saturated heterocycles. The number of hydrogen-bond acceptors (Lipinski definition) is 4. The number of methoxy groups -OCH3 is 1. The Morgan fingerprint density at radius 2 is 1.75 bits per heavy atom. The zero-order valence-corrected chi connectivity index (χ0v) is 21.3. The fourth-order valence-corrected chi connectivity index (χ4v) is 4.69. The van der Waals surface area contributed by atoms with Crippen LogP contribution in [-0.4, -0.2) is 48.4 Å². The van der Waals surface area contributed by atoms with Gasteiger partial charge in [0, 0.05) is 23.5 Å². The van der Waals surface area contributed by atoms with Crippen molar-refractivity contribution < 1.29 is 19.1 Å². The maximum Gasteiger partial charge on any atom is 0.259 e. The molecule has 0 radical (unpaired) electrons. The van der Waals surface area contributed by atoms with Gasteiger partial charge in [-0.05, 0) is 55.0 Å². The van der Waals surface area contributed by atoms with E-state index in [0.29, 0.717) is 17.7 Å². The van der Waals surface area contributed by atoms with E-state index in [1.165, 1.54) is 4.90 Å². The minimum Gasteiger partial charge on any atom is -0.497 e. The summed E-state index contributed by atoms with van der Waals surface area (Å²) in [5, 5.41) is 4.84. The van der Waals surface area contributed by atoms with Gasteiger partial charge < -0.3 is 15.0 Å². The highest BCUT2D eigenvalue weighted by molar-refractivity contribution is 6.26. The van der Waals surface area contributed by atoms with E-state index in [2.05, 4.69) is 5.32 Å². The summed E-state index contributed by atoms with van der Waals surface area (Å²) >= 11 is 0. The summed E-state index contributed by atoms with van der Waals surface area (Å²) < 4.78 is 5.35. The summed E-state index contributed by atoms with van der Waals surface area (Å²) in [6.07, 6.45) is 1.23. The smallest absolute Gasteiger partial charge is 0.259 e. The lowest BCUT2D eigenvalue weighted by molar-refractivity contribution is -0.140. The zero-order chi connectivity index (χ0) is 25.8. The molecular weight excluding hydrogens is 454 g/mol. The van der Waals surface area contributed by atoms with Crippen molar-refractivity contribution in [3.63, 3.8) is 0 Å². The molecule has 0 aromatic heterocycles. The molecule has 1 aliphatic heterocycles. The van der Waals surface area contributed by atoms with E-state index in [-0.39, 0.29) is 36.9 Å². The molecule has 2 unspecified atom stereocenters. The largest absolute Gasteiger partial charge is 0.497 e. The van der Waals surface area contributed by atoms with E-state index in [0.717, 1.165) is 28.4 Å². The second-order valence-electron chi connectivity index (χ2n) is 9.19. The van der Waals surface area contributed by atoms with Gasteiger partial charge in [0.2, 0.25) is 11.8 Å². The number of nitrogens with zero attached hydrogens (tertiary/aromatic N) is 2. The first kappa shape index (κ1) is 25.2. The van der Waals surface area contributed by atoms with Gasteiger partial charge in [-0.25, -0.2) is 0 Å². The number of anilines is 1. The Hall–Kier alpha value is -3.87. The van der Waals surface area contributed by atoms with Crippen LogP contribution in [0.25, 0.3) is 10.8 Å². The molecule has 0 bridgehead atoms. The molecule has 188 valence electrons. The summed E-state index contributed by atoms with van der Waals surface area (Å²) in [6.45, 7) is 5.91. The zero-order valence-electron chi connectivity index (χ0n) is 21.3. The fraction of sp³-hybridized carbons (Fsp3) is 0.345. The van der Waals surface area contributed by atoms with Gasteiger partial charge in [0.05, 0.1) is 12.8 Å². The Balaban J connectivity index is 1.65. The molecule has 1 aliphatic rings. The van der Waals surface area contributed by atoms with Crippen molar-refractivity contribution in [1.29, 1.82) is 0 Å². The average molecular weight is 488 g/mol. The van der Waals surface area contributed by atoms with Crippen molar-refractivity contribution in [2.75, 3.05) is 18.6 Å². The molecule has 1 heterocycles. The summed E-state index contributed by atoms with van der Waals surface area (Å²) in [4.78, 5) is 43.5. The molecule has 4 rings (SSSR count). The monoisotopic (exact) mass is 487 g/mol. The molecular formula is C29H33N3O4. The molecule has 1 N–H and O–H groups in total. The average Bonchev–Trinajstić information content (AvgIpc) is 3.16. The van der Waals surface area contributed by atoms with Crippen LogP contribution in [-0.2, 0) is 16.1 Å². The Kier molecular flexibility index (Phi) is 7.58. The lowest BCUT2D eigenvalue weighted by Crippen LogP contribution is -2.53. The first-order valence-corrected chi connectivity index (χ1v) is 12.4. The number of benzene rings is 3. The highest BCUT2D eigenvalue weighted by Crippen LogP contribution is 2.37. The van der Waals surface area contributed by atoms with Crippen LogP contribution in [0.1, 0.15) is 49.5 Å². The van der Waals surface area contributed by atoms with Gasteiger partial charge in [-0.1, -0.05) is 50.2 Å². The lowest BCUT2D eigenvalue weighted by atomic mass is 10.1. The Morgan fingerprint density at radius 1 is 1.03 bits per heavy atom. The van der Waals surface area contributed by atoms with Crippen molar-refractivity contribution in [3.05, 3.63) is 71.8 Å². The summed E-state index contributed by atoms with van der Waals surface area (Å²) in [5.41, 5.74) is 2.16. The van der Waals surface area contributed by atoms with E-state index in [9.17, 15) is 14.4 Å². The summed E-state index contributed by atoms with van der Waals surface area (Å²) in [5.74, 6) is -0.00852. The molecule has 0 aliphatic carbocycles. The number of nitrogens with one attached hydrogen (secondary N) is 1. The third kappa shape index (κ3) is 4.91. The van der Waals surface area contributed by atoms with Crippen LogP contribution in [0.15, 0.2) is 60.7 Å². The van der Waals surface area contributed by atoms with Crippen molar-refractivity contribution in [3.8, 4) is 5.75 Å². The number of ether oxygens (including phenoxy) is 1. The number of rotatable bonds is 10. The van der Waals surface area contributed by atoms with E-state index in [4.69, 9.17) is 4.74 Å². The molecule has 3 aromatic rings. The molecule has 0 saturated carbocycles. The van der Waals surface area contributed by atoms with Crippen molar-refractivity contribution >= 4 is 34.2 Å². The van der Waals surface area contributed by atoms with Gasteiger partial charge in [0.25, 0.3) is 5.91 Å². The van der Waals surface area contributed by atoms with E-state index in [1.807, 2.05) is 75.4 Å². The number of hydrogen-bond donors (Lipinski definition) is 1. The number of amides is 3. The summed E-state index contributed by atoms with van der Waals surface area (Å²) in [7, 11) is 1.59. The first-order chi connectivity index (χ1) is 17.4. The molecule has 7 heteroatoms. The standard InChI is InChI=1S/C29H33N3O4/c1-5-19(3)30-28(34)24(6-2)31(17-20-10-7-13-22(16-20)36-4)26(33)18-32-25-15-9-12-21-11-8-14-23(27(21)25)29(32)35/h7-16,19,24H,5-6,17-18H2,1-4H3,(H,30,34).